The highest BCUT2D eigenvalue weighted by Gasteiger charge is 2.31. The number of carbonyl (C=O) groups is 2. The Morgan fingerprint density at radius 2 is 2.16 bits per heavy atom. The fourth-order valence-electron chi connectivity index (χ4n) is 1.37. The molecule has 6 nitrogen and oxygen atoms in total. The van der Waals surface area contributed by atoms with E-state index in [1.807, 2.05) is 0 Å². The topological polar surface area (TPSA) is 78.9 Å². The molecular weight excluding hydrogens is 248 g/mol. The number of ether oxygens (including phenoxy) is 1. The second-order valence-electron chi connectivity index (χ2n) is 4.61. The number of amides is 2. The lowest BCUT2D eigenvalue weighted by Crippen LogP contribution is -2.47. The summed E-state index contributed by atoms with van der Waals surface area (Å²) in [6.07, 6.45) is 2.06. The van der Waals surface area contributed by atoms with Crippen LogP contribution in [-0.2, 0) is 9.53 Å². The van der Waals surface area contributed by atoms with Crippen LogP contribution in [-0.4, -0.2) is 55.4 Å². The Morgan fingerprint density at radius 1 is 1.53 bits per heavy atom. The van der Waals surface area contributed by atoms with Crippen molar-refractivity contribution in [1.29, 1.82) is 0 Å². The second kappa shape index (κ2) is 8.53. The van der Waals surface area contributed by atoms with Crippen molar-refractivity contribution in [2.75, 3.05) is 33.4 Å². The van der Waals surface area contributed by atoms with Gasteiger partial charge in [-0.15, -0.1) is 6.58 Å². The van der Waals surface area contributed by atoms with Gasteiger partial charge in [0.2, 0.25) is 0 Å². The van der Waals surface area contributed by atoms with E-state index < -0.39 is 11.4 Å². The third kappa shape index (κ3) is 5.74. The van der Waals surface area contributed by atoms with Crippen LogP contribution in [0.1, 0.15) is 20.3 Å². The van der Waals surface area contributed by atoms with E-state index in [1.165, 1.54) is 4.90 Å². The molecule has 0 saturated heterocycles. The lowest BCUT2D eigenvalue weighted by molar-refractivity contribution is -0.147. The van der Waals surface area contributed by atoms with Crippen LogP contribution in [0.2, 0.25) is 0 Å². The highest BCUT2D eigenvalue weighted by atomic mass is 16.5. The van der Waals surface area contributed by atoms with Gasteiger partial charge in [0.05, 0.1) is 12.0 Å². The molecular formula is C13H24N2O4. The average molecular weight is 272 g/mol. The van der Waals surface area contributed by atoms with Gasteiger partial charge < -0.3 is 20.1 Å². The Hall–Kier alpha value is -1.56. The van der Waals surface area contributed by atoms with Crippen molar-refractivity contribution >= 4 is 12.0 Å². The van der Waals surface area contributed by atoms with Crippen LogP contribution in [0.4, 0.5) is 4.79 Å². The van der Waals surface area contributed by atoms with Gasteiger partial charge in [-0.3, -0.25) is 4.79 Å². The van der Waals surface area contributed by atoms with Crippen molar-refractivity contribution in [3.05, 3.63) is 12.7 Å². The number of hydrogen-bond acceptors (Lipinski definition) is 3. The van der Waals surface area contributed by atoms with E-state index in [4.69, 9.17) is 9.84 Å². The molecule has 1 unspecified atom stereocenters. The Bertz CT molecular complexity index is 320. The van der Waals surface area contributed by atoms with Crippen molar-refractivity contribution in [3.63, 3.8) is 0 Å². The molecule has 110 valence electrons. The first-order chi connectivity index (χ1) is 8.91. The molecule has 6 heteroatoms. The molecule has 0 bridgehead atoms. The molecule has 2 amide bonds. The van der Waals surface area contributed by atoms with Gasteiger partial charge >= 0.3 is 12.0 Å². The van der Waals surface area contributed by atoms with Crippen LogP contribution in [0, 0.1) is 5.41 Å². The summed E-state index contributed by atoms with van der Waals surface area (Å²) >= 11 is 0. The van der Waals surface area contributed by atoms with Gasteiger partial charge in [0.15, 0.2) is 0 Å². The predicted octanol–water partition coefficient (Wildman–Crippen LogP) is 1.33. The predicted molar refractivity (Wildman–Crippen MR) is 73.1 cm³/mol. The second-order valence-corrected chi connectivity index (χ2v) is 4.61. The number of carboxylic acid groups (broad SMARTS) is 1. The molecule has 0 radical (unpaired) electrons. The minimum atomic E-state index is -0.948. The number of nitrogens with one attached hydrogen (secondary N) is 1. The zero-order chi connectivity index (χ0) is 14.9. The largest absolute Gasteiger partial charge is 0.481 e. The van der Waals surface area contributed by atoms with Crippen LogP contribution in [0.3, 0.4) is 0 Å². The van der Waals surface area contributed by atoms with Gasteiger partial charge in [-0.05, 0) is 13.3 Å². The van der Waals surface area contributed by atoms with Crippen LogP contribution in [0.5, 0.6) is 0 Å². The molecule has 0 spiro atoms. The molecule has 0 aromatic carbocycles. The van der Waals surface area contributed by atoms with E-state index in [2.05, 4.69) is 11.9 Å². The van der Waals surface area contributed by atoms with Gasteiger partial charge in [0, 0.05) is 26.7 Å². The maximum absolute atomic E-state index is 11.9. The maximum Gasteiger partial charge on any atom is 0.317 e. The number of hydrogen-bond donors (Lipinski definition) is 2. The summed E-state index contributed by atoms with van der Waals surface area (Å²) < 4.78 is 4.92. The van der Waals surface area contributed by atoms with E-state index in [-0.39, 0.29) is 12.6 Å². The zero-order valence-electron chi connectivity index (χ0n) is 11.9. The number of nitrogens with zero attached hydrogens (tertiary/aromatic N) is 1. The Kier molecular flexibility index (Phi) is 7.83. The first-order valence-electron chi connectivity index (χ1n) is 6.27. The first-order valence-corrected chi connectivity index (χ1v) is 6.27. The van der Waals surface area contributed by atoms with E-state index in [0.717, 1.165) is 0 Å². The minimum absolute atomic E-state index is 0.0955. The lowest BCUT2D eigenvalue weighted by Gasteiger charge is -2.26. The van der Waals surface area contributed by atoms with Crippen molar-refractivity contribution < 1.29 is 19.4 Å². The van der Waals surface area contributed by atoms with Crippen LogP contribution in [0.15, 0.2) is 12.7 Å². The average Bonchev–Trinajstić information content (AvgIpc) is 2.40. The van der Waals surface area contributed by atoms with Crippen LogP contribution in [0.25, 0.3) is 0 Å². The minimum Gasteiger partial charge on any atom is -0.481 e. The summed E-state index contributed by atoms with van der Waals surface area (Å²) in [4.78, 5) is 24.6. The van der Waals surface area contributed by atoms with Gasteiger partial charge in [0.1, 0.15) is 0 Å². The fraction of sp³-hybridized carbons (Fsp3) is 0.692. The van der Waals surface area contributed by atoms with Crippen molar-refractivity contribution in [1.82, 2.24) is 10.2 Å². The van der Waals surface area contributed by atoms with E-state index in [0.29, 0.717) is 26.1 Å². The van der Waals surface area contributed by atoms with Crippen LogP contribution < -0.4 is 5.32 Å². The number of carbonyl (C=O) groups excluding carboxylic acids is 1. The molecule has 0 aromatic rings. The molecule has 0 saturated carbocycles. The van der Waals surface area contributed by atoms with Gasteiger partial charge in [-0.1, -0.05) is 13.0 Å². The van der Waals surface area contributed by atoms with E-state index in [1.54, 1.807) is 27.0 Å². The molecule has 0 heterocycles. The van der Waals surface area contributed by atoms with Crippen molar-refractivity contribution in [2.24, 2.45) is 5.41 Å². The summed E-state index contributed by atoms with van der Waals surface area (Å²) in [5.41, 5.74) is -0.948. The van der Waals surface area contributed by atoms with Crippen LogP contribution >= 0.6 is 0 Å². The van der Waals surface area contributed by atoms with Gasteiger partial charge in [0.25, 0.3) is 0 Å². The molecule has 2 N–H and O–H groups in total. The number of methoxy groups -OCH3 is 1. The Labute approximate surface area is 114 Å². The SMILES string of the molecule is C=CCN(CCOC)C(=O)NCC(C)(CC)C(=O)O. The number of rotatable bonds is 9. The number of aliphatic carboxylic acids is 1. The highest BCUT2D eigenvalue weighted by molar-refractivity contribution is 5.78. The molecule has 0 fully saturated rings. The fourth-order valence-corrected chi connectivity index (χ4v) is 1.37. The molecule has 0 aromatic heterocycles. The molecule has 1 atom stereocenters. The third-order valence-electron chi connectivity index (χ3n) is 3.13. The third-order valence-corrected chi connectivity index (χ3v) is 3.13. The molecule has 19 heavy (non-hydrogen) atoms. The van der Waals surface area contributed by atoms with Gasteiger partial charge in [-0.25, -0.2) is 4.79 Å². The first kappa shape index (κ1) is 17.4. The highest BCUT2D eigenvalue weighted by Crippen LogP contribution is 2.19. The lowest BCUT2D eigenvalue weighted by atomic mass is 9.88. The summed E-state index contributed by atoms with van der Waals surface area (Å²) in [5, 5.41) is 11.8. The summed E-state index contributed by atoms with van der Waals surface area (Å²) in [7, 11) is 1.56. The molecule has 0 aliphatic rings. The number of carboxylic acids is 1. The molecule has 0 rings (SSSR count). The molecule has 0 aliphatic heterocycles. The standard InChI is InChI=1S/C13H24N2O4/c1-5-7-15(8-9-19-4)12(18)14-10-13(3,6-2)11(16)17/h5H,1,6-10H2,2-4H3,(H,14,18)(H,16,17). The van der Waals surface area contributed by atoms with Gasteiger partial charge in [-0.2, -0.15) is 0 Å². The summed E-state index contributed by atoms with van der Waals surface area (Å²) in [6, 6.07) is -0.308. The van der Waals surface area contributed by atoms with E-state index in [9.17, 15) is 9.59 Å². The van der Waals surface area contributed by atoms with Crippen molar-refractivity contribution in [3.8, 4) is 0 Å². The quantitative estimate of drug-likeness (QED) is 0.621. The normalized spacial score (nSPS) is 13.4. The van der Waals surface area contributed by atoms with Crippen molar-refractivity contribution in [2.45, 2.75) is 20.3 Å². The summed E-state index contributed by atoms with van der Waals surface area (Å²) in [6.45, 7) is 8.33. The van der Waals surface area contributed by atoms with E-state index >= 15 is 0 Å². The number of urea groups is 1. The monoisotopic (exact) mass is 272 g/mol. The zero-order valence-corrected chi connectivity index (χ0v) is 11.9. The Balaban J connectivity index is 4.46. The molecule has 0 aliphatic carbocycles. The summed E-state index contributed by atoms with van der Waals surface area (Å²) in [5.74, 6) is -0.914. The Morgan fingerprint density at radius 3 is 2.58 bits per heavy atom. The maximum atomic E-state index is 11.9. The smallest absolute Gasteiger partial charge is 0.317 e.